The molecule has 0 saturated heterocycles. The highest BCUT2D eigenvalue weighted by Gasteiger charge is 2.19. The molecule has 0 radical (unpaired) electrons. The lowest BCUT2D eigenvalue weighted by Crippen LogP contribution is -2.30. The molecule has 0 fully saturated rings. The third-order valence-corrected chi connectivity index (χ3v) is 13.1. The lowest BCUT2D eigenvalue weighted by molar-refractivity contribution is -0.167. The number of hydrogen-bond donors (Lipinski definition) is 0. The fourth-order valence-electron chi connectivity index (χ4n) is 8.41. The number of carbonyl (C=O) groups is 3. The number of unbranched alkanes of at least 4 members (excludes halogenated alkanes) is 23. The van der Waals surface area contributed by atoms with Crippen molar-refractivity contribution in [2.45, 2.75) is 284 Å². The Hall–Kier alpha value is -4.45. The van der Waals surface area contributed by atoms with Crippen molar-refractivity contribution in [3.8, 4) is 0 Å². The van der Waals surface area contributed by atoms with Crippen LogP contribution in [0.5, 0.6) is 0 Å². The second-order valence-corrected chi connectivity index (χ2v) is 20.6. The van der Waals surface area contributed by atoms with E-state index in [9.17, 15) is 14.4 Å². The van der Waals surface area contributed by atoms with E-state index in [1.165, 1.54) is 96.3 Å². The zero-order valence-electron chi connectivity index (χ0n) is 49.9. The van der Waals surface area contributed by atoms with E-state index in [0.29, 0.717) is 19.3 Å². The van der Waals surface area contributed by atoms with Crippen LogP contribution in [0, 0.1) is 0 Å². The minimum Gasteiger partial charge on any atom is -0.462 e. The number of esters is 3. The summed E-state index contributed by atoms with van der Waals surface area (Å²) in [6, 6.07) is 0. The number of allylic oxidation sites excluding steroid dienone is 22. The molecule has 0 heterocycles. The molecule has 0 aliphatic carbocycles. The van der Waals surface area contributed by atoms with Crippen LogP contribution >= 0.6 is 0 Å². The van der Waals surface area contributed by atoms with E-state index < -0.39 is 6.10 Å². The number of hydrogen-bond acceptors (Lipinski definition) is 6. The molecule has 0 spiro atoms. The maximum Gasteiger partial charge on any atom is 0.306 e. The van der Waals surface area contributed by atoms with Crippen molar-refractivity contribution >= 4 is 17.9 Å². The lowest BCUT2D eigenvalue weighted by atomic mass is 10.1. The zero-order valence-corrected chi connectivity index (χ0v) is 49.9. The van der Waals surface area contributed by atoms with Crippen molar-refractivity contribution in [3.05, 3.63) is 134 Å². The van der Waals surface area contributed by atoms with Crippen LogP contribution in [-0.4, -0.2) is 37.2 Å². The van der Waals surface area contributed by atoms with Crippen molar-refractivity contribution in [1.82, 2.24) is 0 Å². The monoisotopic (exact) mass is 1060 g/mol. The van der Waals surface area contributed by atoms with Crippen LogP contribution in [0.15, 0.2) is 134 Å². The van der Waals surface area contributed by atoms with Crippen molar-refractivity contribution in [3.63, 3.8) is 0 Å². The van der Waals surface area contributed by atoms with Gasteiger partial charge in [0.2, 0.25) is 0 Å². The normalized spacial score (nSPS) is 13.0. The van der Waals surface area contributed by atoms with Gasteiger partial charge in [0.05, 0.1) is 0 Å². The Morgan fingerprint density at radius 1 is 0.273 bits per heavy atom. The number of ether oxygens (including phenoxy) is 3. The Kier molecular flexibility index (Phi) is 60.4. The highest BCUT2D eigenvalue weighted by Crippen LogP contribution is 2.15. The van der Waals surface area contributed by atoms with Gasteiger partial charge >= 0.3 is 17.9 Å². The highest BCUT2D eigenvalue weighted by atomic mass is 16.6. The maximum absolute atomic E-state index is 12.8. The van der Waals surface area contributed by atoms with E-state index >= 15 is 0 Å². The molecule has 0 N–H and O–H groups in total. The minimum absolute atomic E-state index is 0.0877. The molecule has 0 aromatic rings. The van der Waals surface area contributed by atoms with Gasteiger partial charge in [-0.05, 0) is 122 Å². The first kappa shape index (κ1) is 72.5. The second-order valence-electron chi connectivity index (χ2n) is 20.6. The van der Waals surface area contributed by atoms with Crippen LogP contribution in [-0.2, 0) is 28.6 Å². The average molecular weight is 1070 g/mol. The van der Waals surface area contributed by atoms with Crippen LogP contribution < -0.4 is 0 Å². The third-order valence-electron chi connectivity index (χ3n) is 13.1. The summed E-state index contributed by atoms with van der Waals surface area (Å²) in [5, 5.41) is 0. The molecule has 0 amide bonds. The minimum atomic E-state index is -0.790. The van der Waals surface area contributed by atoms with Gasteiger partial charge in [-0.15, -0.1) is 0 Å². The molecule has 0 saturated carbocycles. The van der Waals surface area contributed by atoms with Gasteiger partial charge in [0.25, 0.3) is 0 Å². The van der Waals surface area contributed by atoms with Gasteiger partial charge in [0.1, 0.15) is 13.2 Å². The molecular weight excluding hydrogens is 949 g/mol. The second kappa shape index (κ2) is 64.1. The van der Waals surface area contributed by atoms with Gasteiger partial charge in [-0.1, -0.05) is 270 Å². The van der Waals surface area contributed by atoms with Gasteiger partial charge in [-0.25, -0.2) is 0 Å². The van der Waals surface area contributed by atoms with Crippen LogP contribution in [0.1, 0.15) is 278 Å². The van der Waals surface area contributed by atoms with E-state index in [1.54, 1.807) is 0 Å². The van der Waals surface area contributed by atoms with Gasteiger partial charge in [0, 0.05) is 19.3 Å². The summed E-state index contributed by atoms with van der Waals surface area (Å²) < 4.78 is 16.8. The SMILES string of the molecule is CC/C=C\C/C=C\C/C=C\C/C=C\C/C=C\C/C=C\C/C=C\C/C=C\C/C=C\CCCCCCCC(=O)OCC(COC(=O)CCCCCCCCC)OC(=O)CCCCCCCCCCC/C=C\C/C=C\CCCCC. The largest absolute Gasteiger partial charge is 0.462 e. The van der Waals surface area contributed by atoms with Gasteiger partial charge in [-0.2, -0.15) is 0 Å². The van der Waals surface area contributed by atoms with Gasteiger partial charge in [-0.3, -0.25) is 14.4 Å². The van der Waals surface area contributed by atoms with E-state index in [0.717, 1.165) is 141 Å². The molecule has 0 aliphatic rings. The molecule has 77 heavy (non-hydrogen) atoms. The molecule has 0 aliphatic heterocycles. The van der Waals surface area contributed by atoms with Gasteiger partial charge in [0.15, 0.2) is 6.10 Å². The van der Waals surface area contributed by atoms with E-state index in [2.05, 4.69) is 154 Å². The smallest absolute Gasteiger partial charge is 0.306 e. The van der Waals surface area contributed by atoms with Crippen LogP contribution in [0.25, 0.3) is 0 Å². The molecule has 0 aromatic carbocycles. The first-order valence-corrected chi connectivity index (χ1v) is 31.7. The molecule has 0 rings (SSSR count). The Morgan fingerprint density at radius 2 is 0.506 bits per heavy atom. The molecule has 6 nitrogen and oxygen atoms in total. The van der Waals surface area contributed by atoms with Crippen molar-refractivity contribution < 1.29 is 28.6 Å². The number of rotatable bonds is 56. The highest BCUT2D eigenvalue weighted by molar-refractivity contribution is 5.71. The number of carbonyl (C=O) groups excluding carboxylic acids is 3. The first-order valence-electron chi connectivity index (χ1n) is 31.7. The summed E-state index contributed by atoms with van der Waals surface area (Å²) in [6.07, 6.45) is 90.5. The summed E-state index contributed by atoms with van der Waals surface area (Å²) in [4.78, 5) is 38.0. The molecule has 6 heteroatoms. The molecule has 0 aromatic heterocycles. The third kappa shape index (κ3) is 62.3. The van der Waals surface area contributed by atoms with E-state index in [-0.39, 0.29) is 31.1 Å². The molecule has 1 atom stereocenters. The Labute approximate surface area is 475 Å². The van der Waals surface area contributed by atoms with Crippen LogP contribution in [0.3, 0.4) is 0 Å². The standard InChI is InChI=1S/C71H116O6/c1-4-7-10-13-16-18-20-22-24-26-28-29-30-31-32-33-34-35-36-37-38-39-40-41-43-44-46-48-50-52-55-58-61-64-70(73)76-67-68(66-75-69(72)63-60-57-54-15-12-9-6-3)77-71(74)65-62-59-56-53-51-49-47-45-42-27-25-23-21-19-17-14-11-8-5-2/h7,10,16-19,22-25,28-29,31-32,34-35,37-38,40-41,44,46,68H,4-6,8-9,11-15,20-21,26-27,30,33,36,39,42-43,45,47-67H2,1-3H3/b10-7-,18-16-,19-17-,24-22-,25-23-,29-28-,32-31-,35-34-,38-37-,41-40-,46-44-. The molecule has 0 bridgehead atoms. The first-order chi connectivity index (χ1) is 38.0. The van der Waals surface area contributed by atoms with E-state index in [4.69, 9.17) is 14.2 Å². The summed E-state index contributed by atoms with van der Waals surface area (Å²) in [7, 11) is 0. The fraction of sp³-hybridized carbons (Fsp3) is 0.648. The summed E-state index contributed by atoms with van der Waals surface area (Å²) in [6.45, 7) is 6.44. The Balaban J connectivity index is 4.21. The predicted molar refractivity (Wildman–Crippen MR) is 334 cm³/mol. The molecule has 436 valence electrons. The van der Waals surface area contributed by atoms with Crippen LogP contribution in [0.2, 0.25) is 0 Å². The zero-order chi connectivity index (χ0) is 55.7. The maximum atomic E-state index is 12.8. The van der Waals surface area contributed by atoms with Gasteiger partial charge < -0.3 is 14.2 Å². The Morgan fingerprint density at radius 3 is 0.818 bits per heavy atom. The quantitative estimate of drug-likeness (QED) is 0.0261. The predicted octanol–water partition coefficient (Wildman–Crippen LogP) is 21.8. The summed E-state index contributed by atoms with van der Waals surface area (Å²) in [5.74, 6) is -0.918. The molecular formula is C71H116O6. The summed E-state index contributed by atoms with van der Waals surface area (Å²) in [5.41, 5.74) is 0. The topological polar surface area (TPSA) is 78.9 Å². The average Bonchev–Trinajstić information content (AvgIpc) is 3.43. The van der Waals surface area contributed by atoms with Crippen LogP contribution in [0.4, 0.5) is 0 Å². The molecule has 1 unspecified atom stereocenters. The van der Waals surface area contributed by atoms with Crippen molar-refractivity contribution in [2.75, 3.05) is 13.2 Å². The summed E-state index contributed by atoms with van der Waals surface area (Å²) >= 11 is 0. The lowest BCUT2D eigenvalue weighted by Gasteiger charge is -2.18. The van der Waals surface area contributed by atoms with E-state index in [1.807, 2.05) is 0 Å². The fourth-order valence-corrected chi connectivity index (χ4v) is 8.41. The van der Waals surface area contributed by atoms with Crippen molar-refractivity contribution in [2.24, 2.45) is 0 Å². The Bertz CT molecular complexity index is 1650. The van der Waals surface area contributed by atoms with Crippen molar-refractivity contribution in [1.29, 1.82) is 0 Å².